The summed E-state index contributed by atoms with van der Waals surface area (Å²) in [7, 11) is 0. The van der Waals surface area contributed by atoms with E-state index in [9.17, 15) is 5.11 Å². The quantitative estimate of drug-likeness (QED) is 0.899. The highest BCUT2D eigenvalue weighted by molar-refractivity contribution is 5.36. The number of benzene rings is 2. The molecule has 2 aromatic rings. The number of phenols is 1. The highest BCUT2D eigenvalue weighted by Gasteiger charge is 2.24. The van der Waals surface area contributed by atoms with E-state index in [2.05, 4.69) is 54.8 Å². The van der Waals surface area contributed by atoms with Crippen LogP contribution in [0.3, 0.4) is 0 Å². The van der Waals surface area contributed by atoms with Crippen LogP contribution in [0.5, 0.6) is 5.75 Å². The maximum Gasteiger partial charge on any atom is 0.115 e. The van der Waals surface area contributed by atoms with Gasteiger partial charge in [-0.15, -0.1) is 0 Å². The van der Waals surface area contributed by atoms with Gasteiger partial charge in [0.2, 0.25) is 0 Å². The van der Waals surface area contributed by atoms with Crippen LogP contribution in [-0.4, -0.2) is 10.0 Å². The second kappa shape index (κ2) is 6.77. The Morgan fingerprint density at radius 1 is 0.714 bits per heavy atom. The lowest BCUT2D eigenvalue weighted by molar-refractivity contribution is 0.294. The summed E-state index contributed by atoms with van der Waals surface area (Å²) in [5, 5.41) is 9.40. The molecule has 1 aliphatic rings. The van der Waals surface area contributed by atoms with E-state index in [0.717, 1.165) is 13.1 Å². The number of rotatable bonds is 5. The average molecular weight is 276 g/mol. The third kappa shape index (κ3) is 3.85. The van der Waals surface area contributed by atoms with Crippen LogP contribution in [0.2, 0.25) is 0 Å². The molecule has 0 unspecified atom stereocenters. The largest absolute Gasteiger partial charge is 0.508 e. The maximum absolute atomic E-state index is 9.40. The molecule has 0 atom stereocenters. The minimum absolute atomic E-state index is 0.307. The molecule has 3 rings (SSSR count). The van der Waals surface area contributed by atoms with E-state index >= 15 is 0 Å². The smallest absolute Gasteiger partial charge is 0.115 e. The van der Waals surface area contributed by atoms with Gasteiger partial charge < -0.3 is 5.11 Å². The van der Waals surface area contributed by atoms with Crippen molar-refractivity contribution >= 4 is 0 Å². The maximum atomic E-state index is 9.40. The molecule has 1 saturated carbocycles. The predicted octanol–water partition coefficient (Wildman–Crippen LogP) is 3.76. The molecule has 0 heterocycles. The van der Waals surface area contributed by atoms with Gasteiger partial charge in [0.15, 0.2) is 0 Å². The lowest BCUT2D eigenvalue weighted by Crippen LogP contribution is -2.26. The summed E-state index contributed by atoms with van der Waals surface area (Å²) >= 11 is 0. The summed E-state index contributed by atoms with van der Waals surface area (Å²) in [5.41, 5.74) is 2.47. The zero-order chi connectivity index (χ0) is 14.5. The first-order valence-corrected chi connectivity index (χ1v) is 7.10. The van der Waals surface area contributed by atoms with Gasteiger partial charge in [0, 0.05) is 19.1 Å². The number of phenolic OH excluding ortho intramolecular Hbond substituents is 1. The molecule has 21 heavy (non-hydrogen) atoms. The molecule has 0 aromatic heterocycles. The molecule has 5 radical (unpaired) electrons. The third-order valence-electron chi connectivity index (χ3n) is 3.54. The van der Waals surface area contributed by atoms with Crippen molar-refractivity contribution < 1.29 is 5.11 Å². The van der Waals surface area contributed by atoms with Crippen molar-refractivity contribution in [2.24, 2.45) is 0 Å². The molecule has 0 spiro atoms. The van der Waals surface area contributed by atoms with Crippen LogP contribution in [0.25, 0.3) is 0 Å². The summed E-state index contributed by atoms with van der Waals surface area (Å²) in [6.07, 6.45) is 8.38. The third-order valence-corrected chi connectivity index (χ3v) is 3.54. The fourth-order valence-electron chi connectivity index (χ4n) is 2.44. The van der Waals surface area contributed by atoms with Gasteiger partial charge in [-0.1, -0.05) is 42.5 Å². The Bertz CT molecular complexity index is 544. The summed E-state index contributed by atoms with van der Waals surface area (Å²) < 4.78 is 0. The van der Waals surface area contributed by atoms with Crippen LogP contribution in [0.1, 0.15) is 11.1 Å². The molecule has 2 aromatic carbocycles. The molecule has 105 valence electrons. The van der Waals surface area contributed by atoms with Crippen LogP contribution in [0.4, 0.5) is 0 Å². The molecule has 1 fully saturated rings. The molecule has 2 heteroatoms. The monoisotopic (exact) mass is 276 g/mol. The van der Waals surface area contributed by atoms with Crippen molar-refractivity contribution in [1.82, 2.24) is 4.90 Å². The van der Waals surface area contributed by atoms with Crippen molar-refractivity contribution in [3.8, 4) is 5.75 Å². The van der Waals surface area contributed by atoms with E-state index < -0.39 is 0 Å². The van der Waals surface area contributed by atoms with Gasteiger partial charge in [-0.3, -0.25) is 4.90 Å². The predicted molar refractivity (Wildman–Crippen MR) is 84.2 cm³/mol. The van der Waals surface area contributed by atoms with Crippen molar-refractivity contribution in [2.75, 3.05) is 0 Å². The minimum Gasteiger partial charge on any atom is -0.508 e. The molecule has 2 nitrogen and oxygen atoms in total. The number of hydrogen-bond acceptors (Lipinski definition) is 2. The standard InChI is InChI=1S/C19H18NO/c21-19-12-10-17(11-13-19)15-20(18-8-4-5-9-18)14-16-6-2-1-3-7-16/h1-13,21H,14-15H2. The molecule has 0 aliphatic heterocycles. The van der Waals surface area contributed by atoms with Crippen molar-refractivity contribution in [3.05, 3.63) is 97.4 Å². The Labute approximate surface area is 127 Å². The molecular weight excluding hydrogens is 258 g/mol. The molecule has 0 amide bonds. The van der Waals surface area contributed by atoms with Gasteiger partial charge in [-0.05, 0) is 48.9 Å². The Hall–Kier alpha value is -1.80. The van der Waals surface area contributed by atoms with Gasteiger partial charge in [-0.25, -0.2) is 0 Å². The van der Waals surface area contributed by atoms with E-state index in [0.29, 0.717) is 5.75 Å². The zero-order valence-corrected chi connectivity index (χ0v) is 11.8. The van der Waals surface area contributed by atoms with E-state index in [1.54, 1.807) is 12.1 Å². The summed E-state index contributed by atoms with van der Waals surface area (Å²) in [6, 6.07) is 19.1. The fraction of sp³-hybridized carbons (Fsp3) is 0.105. The first-order chi connectivity index (χ1) is 10.3. The van der Waals surface area contributed by atoms with Crippen molar-refractivity contribution in [3.63, 3.8) is 0 Å². The Kier molecular flexibility index (Phi) is 4.56. The zero-order valence-electron chi connectivity index (χ0n) is 11.8. The topological polar surface area (TPSA) is 23.5 Å². The van der Waals surface area contributed by atoms with Gasteiger partial charge in [0.05, 0.1) is 0 Å². The molecule has 1 N–H and O–H groups in total. The van der Waals surface area contributed by atoms with E-state index in [-0.39, 0.29) is 0 Å². The molecule has 1 aliphatic carbocycles. The van der Waals surface area contributed by atoms with Gasteiger partial charge in [0.25, 0.3) is 0 Å². The normalized spacial score (nSPS) is 15.7. The average Bonchev–Trinajstić information content (AvgIpc) is 3.04. The van der Waals surface area contributed by atoms with Gasteiger partial charge in [-0.2, -0.15) is 0 Å². The number of aromatic hydroxyl groups is 1. The molecule has 0 saturated heterocycles. The highest BCUT2D eigenvalue weighted by Crippen LogP contribution is 2.30. The van der Waals surface area contributed by atoms with E-state index in [1.165, 1.54) is 17.2 Å². The van der Waals surface area contributed by atoms with Crippen LogP contribution < -0.4 is 0 Å². The van der Waals surface area contributed by atoms with Crippen LogP contribution >= 0.6 is 0 Å². The summed E-state index contributed by atoms with van der Waals surface area (Å²) in [5.74, 6) is 0.307. The van der Waals surface area contributed by atoms with Crippen molar-refractivity contribution in [1.29, 1.82) is 0 Å². The van der Waals surface area contributed by atoms with E-state index in [4.69, 9.17) is 0 Å². The first-order valence-electron chi connectivity index (χ1n) is 7.10. The van der Waals surface area contributed by atoms with Crippen LogP contribution in [0.15, 0.2) is 54.6 Å². The minimum atomic E-state index is 0.307. The molecule has 0 bridgehead atoms. The second-order valence-electron chi connectivity index (χ2n) is 5.15. The SMILES string of the molecule is Oc1ccc(CN(Cc2ccccc2)[C]2[CH][CH][CH][CH]2)cc1. The van der Waals surface area contributed by atoms with E-state index in [1.807, 2.05) is 18.2 Å². The van der Waals surface area contributed by atoms with Crippen LogP contribution in [-0.2, 0) is 13.1 Å². The first kappa shape index (κ1) is 14.2. The second-order valence-corrected chi connectivity index (χ2v) is 5.15. The lowest BCUT2D eigenvalue weighted by atomic mass is 10.1. The number of hydrogen-bond donors (Lipinski definition) is 1. The van der Waals surface area contributed by atoms with Crippen molar-refractivity contribution in [2.45, 2.75) is 13.1 Å². The van der Waals surface area contributed by atoms with Gasteiger partial charge >= 0.3 is 0 Å². The summed E-state index contributed by atoms with van der Waals surface area (Å²) in [4.78, 5) is 2.34. The van der Waals surface area contributed by atoms with Crippen LogP contribution in [0, 0.1) is 31.7 Å². The Morgan fingerprint density at radius 2 is 1.29 bits per heavy atom. The Morgan fingerprint density at radius 3 is 1.90 bits per heavy atom. The molecular formula is C19H18NO. The van der Waals surface area contributed by atoms with Gasteiger partial charge in [0.1, 0.15) is 5.75 Å². The highest BCUT2D eigenvalue weighted by atomic mass is 16.3. The fourth-order valence-corrected chi connectivity index (χ4v) is 2.44. The Balaban J connectivity index is 1.74. The number of nitrogens with zero attached hydrogens (tertiary/aromatic N) is 1. The lowest BCUT2D eigenvalue weighted by Gasteiger charge is -2.28. The summed E-state index contributed by atoms with van der Waals surface area (Å²) in [6.45, 7) is 1.69.